The molecule has 0 spiro atoms. The fourth-order valence-corrected chi connectivity index (χ4v) is 2.72. The number of ether oxygens (including phenoxy) is 1. The summed E-state index contributed by atoms with van der Waals surface area (Å²) in [5, 5.41) is 0. The van der Waals surface area contributed by atoms with E-state index in [1.807, 2.05) is 48.5 Å². The van der Waals surface area contributed by atoms with E-state index in [1.54, 1.807) is 0 Å². The average Bonchev–Trinajstić information content (AvgIpc) is 2.68. The second-order valence-corrected chi connectivity index (χ2v) is 6.15. The van der Waals surface area contributed by atoms with Gasteiger partial charge in [0, 0.05) is 11.8 Å². The van der Waals surface area contributed by atoms with Crippen LogP contribution in [0.15, 0.2) is 60.8 Å². The van der Waals surface area contributed by atoms with Crippen molar-refractivity contribution in [3.63, 3.8) is 0 Å². The second-order valence-electron chi connectivity index (χ2n) is 6.15. The van der Waals surface area contributed by atoms with E-state index >= 15 is 0 Å². The molecule has 1 aromatic heterocycles. The first-order valence-electron chi connectivity index (χ1n) is 8.82. The second kappa shape index (κ2) is 8.56. The number of aromatic nitrogens is 1. The molecule has 134 valence electrons. The van der Waals surface area contributed by atoms with E-state index < -0.39 is 11.8 Å². The Bertz CT molecular complexity index is 845. The molecule has 1 heterocycles. The minimum Gasteiger partial charge on any atom is -0.494 e. The highest BCUT2D eigenvalue weighted by molar-refractivity contribution is 5.70. The molecule has 0 aliphatic carbocycles. The maximum Gasteiger partial charge on any atom is 0.248 e. The van der Waals surface area contributed by atoms with Crippen molar-refractivity contribution in [3.8, 4) is 28.0 Å². The Balaban J connectivity index is 1.69. The Hall–Kier alpha value is -2.75. The van der Waals surface area contributed by atoms with Gasteiger partial charge in [0.2, 0.25) is 5.95 Å². The van der Waals surface area contributed by atoms with E-state index in [4.69, 9.17) is 4.74 Å². The van der Waals surface area contributed by atoms with Gasteiger partial charge in [0.15, 0.2) is 5.82 Å². The van der Waals surface area contributed by atoms with Crippen LogP contribution in [0.5, 0.6) is 5.75 Å². The lowest BCUT2D eigenvalue weighted by molar-refractivity contribution is 0.306. The molecule has 0 unspecified atom stereocenters. The van der Waals surface area contributed by atoms with Gasteiger partial charge in [-0.25, -0.2) is 9.37 Å². The normalized spacial score (nSPS) is 10.7. The number of halogens is 2. The topological polar surface area (TPSA) is 22.1 Å². The molecule has 3 rings (SSSR count). The molecule has 3 aromatic rings. The Labute approximate surface area is 152 Å². The van der Waals surface area contributed by atoms with Gasteiger partial charge in [-0.1, -0.05) is 56.2 Å². The third kappa shape index (κ3) is 4.45. The molecule has 0 aliphatic rings. The quantitative estimate of drug-likeness (QED) is 0.369. The van der Waals surface area contributed by atoms with Crippen LogP contribution in [0.2, 0.25) is 0 Å². The molecule has 26 heavy (non-hydrogen) atoms. The molecule has 0 amide bonds. The van der Waals surface area contributed by atoms with Crippen molar-refractivity contribution in [2.45, 2.75) is 26.2 Å². The number of hydrogen-bond donors (Lipinski definition) is 0. The summed E-state index contributed by atoms with van der Waals surface area (Å²) < 4.78 is 32.0. The molecule has 2 nitrogen and oxygen atoms in total. The summed E-state index contributed by atoms with van der Waals surface area (Å²) in [6.45, 7) is 2.91. The van der Waals surface area contributed by atoms with Crippen LogP contribution in [0.1, 0.15) is 26.2 Å². The molecule has 0 saturated heterocycles. The van der Waals surface area contributed by atoms with Crippen molar-refractivity contribution in [2.75, 3.05) is 6.61 Å². The van der Waals surface area contributed by atoms with E-state index in [0.29, 0.717) is 5.56 Å². The lowest BCUT2D eigenvalue weighted by Gasteiger charge is -2.08. The lowest BCUT2D eigenvalue weighted by atomic mass is 10.0. The summed E-state index contributed by atoms with van der Waals surface area (Å²) in [6.07, 6.45) is 4.76. The maximum atomic E-state index is 13.3. The number of rotatable bonds is 7. The van der Waals surface area contributed by atoms with Gasteiger partial charge < -0.3 is 4.74 Å². The zero-order valence-corrected chi connectivity index (χ0v) is 14.7. The summed E-state index contributed by atoms with van der Waals surface area (Å²) in [5.74, 6) is -1.15. The van der Waals surface area contributed by atoms with Crippen LogP contribution in [-0.4, -0.2) is 11.6 Å². The van der Waals surface area contributed by atoms with Gasteiger partial charge in [0.1, 0.15) is 5.75 Å². The van der Waals surface area contributed by atoms with Gasteiger partial charge in [-0.2, -0.15) is 4.39 Å². The van der Waals surface area contributed by atoms with Gasteiger partial charge in [-0.3, -0.25) is 0 Å². The summed E-state index contributed by atoms with van der Waals surface area (Å²) >= 11 is 0. The van der Waals surface area contributed by atoms with E-state index in [1.165, 1.54) is 19.0 Å². The van der Waals surface area contributed by atoms with Crippen molar-refractivity contribution >= 4 is 0 Å². The van der Waals surface area contributed by atoms with Crippen LogP contribution in [0.3, 0.4) is 0 Å². The number of pyridine rings is 1. The predicted octanol–water partition coefficient (Wildman–Crippen LogP) is 6.26. The van der Waals surface area contributed by atoms with Crippen LogP contribution in [-0.2, 0) is 0 Å². The zero-order valence-electron chi connectivity index (χ0n) is 14.7. The molecule has 0 aliphatic heterocycles. The number of benzene rings is 2. The molecule has 2 aromatic carbocycles. The van der Waals surface area contributed by atoms with Gasteiger partial charge in [-0.15, -0.1) is 0 Å². The fourth-order valence-electron chi connectivity index (χ4n) is 2.72. The van der Waals surface area contributed by atoms with Gasteiger partial charge in [0.25, 0.3) is 0 Å². The third-order valence-corrected chi connectivity index (χ3v) is 4.22. The van der Waals surface area contributed by atoms with Crippen molar-refractivity contribution in [1.82, 2.24) is 4.98 Å². The largest absolute Gasteiger partial charge is 0.494 e. The lowest BCUT2D eigenvalue weighted by Crippen LogP contribution is -1.96. The number of hydrogen-bond acceptors (Lipinski definition) is 2. The molecular weight excluding hydrogens is 332 g/mol. The first-order valence-corrected chi connectivity index (χ1v) is 8.82. The summed E-state index contributed by atoms with van der Waals surface area (Å²) in [4.78, 5) is 3.43. The molecule has 4 heteroatoms. The zero-order chi connectivity index (χ0) is 18.4. The Morgan fingerprint density at radius 2 is 1.38 bits per heavy atom. The van der Waals surface area contributed by atoms with Crippen molar-refractivity contribution in [1.29, 1.82) is 0 Å². The van der Waals surface area contributed by atoms with E-state index in [9.17, 15) is 8.78 Å². The fraction of sp³-hybridized carbons (Fsp3) is 0.227. The van der Waals surface area contributed by atoms with E-state index in [-0.39, 0.29) is 0 Å². The van der Waals surface area contributed by atoms with Gasteiger partial charge in [-0.05, 0) is 41.3 Å². The first-order chi connectivity index (χ1) is 12.7. The van der Waals surface area contributed by atoms with Crippen LogP contribution < -0.4 is 4.74 Å². The first kappa shape index (κ1) is 18.1. The molecule has 0 saturated carbocycles. The average molecular weight is 353 g/mol. The van der Waals surface area contributed by atoms with E-state index in [2.05, 4.69) is 11.9 Å². The van der Waals surface area contributed by atoms with Crippen molar-refractivity contribution in [2.24, 2.45) is 0 Å². The Kier molecular flexibility index (Phi) is 5.95. The highest BCUT2D eigenvalue weighted by Crippen LogP contribution is 2.26. The highest BCUT2D eigenvalue weighted by atomic mass is 19.2. The molecular formula is C22H21F2NO. The molecule has 0 fully saturated rings. The van der Waals surface area contributed by atoms with Crippen molar-refractivity contribution in [3.05, 3.63) is 72.6 Å². The molecule has 0 atom stereocenters. The highest BCUT2D eigenvalue weighted by Gasteiger charge is 2.06. The summed E-state index contributed by atoms with van der Waals surface area (Å²) in [6, 6.07) is 16.8. The van der Waals surface area contributed by atoms with E-state index in [0.717, 1.165) is 41.5 Å². The summed E-state index contributed by atoms with van der Waals surface area (Å²) in [7, 11) is 0. The number of nitrogens with zero attached hydrogens (tertiary/aromatic N) is 1. The van der Waals surface area contributed by atoms with Crippen molar-refractivity contribution < 1.29 is 13.5 Å². The van der Waals surface area contributed by atoms with Gasteiger partial charge >= 0.3 is 0 Å². The monoisotopic (exact) mass is 353 g/mol. The minimum atomic E-state index is -1.08. The smallest absolute Gasteiger partial charge is 0.248 e. The Morgan fingerprint density at radius 3 is 1.96 bits per heavy atom. The standard InChI is InChI=1S/C22H21F2NO/c1-2-3-4-13-26-20-11-9-17(10-12-20)16-5-7-18(8-6-16)19-14-21(23)22(24)25-15-19/h5-12,14-15H,2-4,13H2,1H3. The Morgan fingerprint density at radius 1 is 0.808 bits per heavy atom. The predicted molar refractivity (Wildman–Crippen MR) is 100 cm³/mol. The van der Waals surface area contributed by atoms with Crippen LogP contribution in [0.25, 0.3) is 22.3 Å². The SMILES string of the molecule is CCCCCOc1ccc(-c2ccc(-c3cnc(F)c(F)c3)cc2)cc1. The molecule has 0 N–H and O–H groups in total. The van der Waals surface area contributed by atoms with Gasteiger partial charge in [0.05, 0.1) is 6.61 Å². The van der Waals surface area contributed by atoms with Crippen LogP contribution in [0, 0.1) is 11.8 Å². The molecule has 0 radical (unpaired) electrons. The maximum absolute atomic E-state index is 13.3. The minimum absolute atomic E-state index is 0.547. The van der Waals surface area contributed by atoms with Crippen LogP contribution in [0.4, 0.5) is 8.78 Å². The number of unbranched alkanes of at least 4 members (excludes halogenated alkanes) is 2. The van der Waals surface area contributed by atoms with Crippen LogP contribution >= 0.6 is 0 Å². The summed E-state index contributed by atoms with van der Waals surface area (Å²) in [5.41, 5.74) is 3.45. The molecule has 0 bridgehead atoms. The third-order valence-electron chi connectivity index (χ3n) is 4.22.